The van der Waals surface area contributed by atoms with Crippen LogP contribution in [0.4, 0.5) is 0 Å². The first kappa shape index (κ1) is 21.1. The molecule has 2 N–H and O–H groups in total. The first-order chi connectivity index (χ1) is 15.0. The molecule has 0 saturated heterocycles. The Morgan fingerprint density at radius 2 is 1.97 bits per heavy atom. The van der Waals surface area contributed by atoms with Crippen LogP contribution in [-0.2, 0) is 0 Å². The van der Waals surface area contributed by atoms with Gasteiger partial charge in [-0.05, 0) is 55.3 Å². The van der Waals surface area contributed by atoms with Crippen LogP contribution in [0.1, 0.15) is 57.9 Å². The third-order valence-electron chi connectivity index (χ3n) is 5.50. The van der Waals surface area contributed by atoms with E-state index in [1.54, 1.807) is 29.2 Å². The molecule has 0 saturated carbocycles. The van der Waals surface area contributed by atoms with E-state index < -0.39 is 0 Å². The van der Waals surface area contributed by atoms with Crippen LogP contribution >= 0.6 is 11.6 Å². The maximum Gasteiger partial charge on any atom is 0.254 e. The van der Waals surface area contributed by atoms with Crippen molar-refractivity contribution in [2.75, 3.05) is 13.1 Å². The van der Waals surface area contributed by atoms with Gasteiger partial charge in [-0.3, -0.25) is 9.59 Å². The molecule has 1 atom stereocenters. The topological polar surface area (TPSA) is 78.1 Å². The summed E-state index contributed by atoms with van der Waals surface area (Å²) < 4.78 is 0. The quantitative estimate of drug-likeness (QED) is 0.544. The lowest BCUT2D eigenvalue weighted by Crippen LogP contribution is -2.30. The van der Waals surface area contributed by atoms with Crippen LogP contribution < -0.4 is 5.32 Å². The third-order valence-corrected chi connectivity index (χ3v) is 5.73. The maximum atomic E-state index is 13.0. The number of benzene rings is 2. The molecular formula is C24H25ClN4O2. The number of nitrogens with zero attached hydrogens (tertiary/aromatic N) is 2. The van der Waals surface area contributed by atoms with Gasteiger partial charge in [0.1, 0.15) is 5.82 Å². The van der Waals surface area contributed by atoms with Crippen LogP contribution in [0.15, 0.2) is 48.6 Å². The summed E-state index contributed by atoms with van der Waals surface area (Å²) in [6, 6.07) is 10.5. The summed E-state index contributed by atoms with van der Waals surface area (Å²) in [5.74, 6) is 0.499. The van der Waals surface area contributed by atoms with Crippen molar-refractivity contribution >= 4 is 34.4 Å². The molecule has 0 unspecified atom stereocenters. The number of aromatic nitrogens is 2. The normalized spacial score (nSPS) is 14.2. The molecule has 3 aromatic rings. The molecule has 0 bridgehead atoms. The average molecular weight is 437 g/mol. The number of carbonyl (C=O) groups is 2. The highest BCUT2D eigenvalue weighted by Crippen LogP contribution is 2.23. The van der Waals surface area contributed by atoms with Crippen LogP contribution in [-0.4, -0.2) is 39.8 Å². The minimum atomic E-state index is -0.249. The predicted octanol–water partition coefficient (Wildman–Crippen LogP) is 4.81. The number of rotatable bonds is 6. The van der Waals surface area contributed by atoms with Crippen LogP contribution in [0.25, 0.3) is 11.0 Å². The monoisotopic (exact) mass is 436 g/mol. The van der Waals surface area contributed by atoms with Gasteiger partial charge in [-0.25, -0.2) is 4.98 Å². The Hall–Kier alpha value is -3.12. The molecule has 1 aliphatic heterocycles. The highest BCUT2D eigenvalue weighted by atomic mass is 35.5. The Balaban J connectivity index is 1.53. The second kappa shape index (κ2) is 8.94. The fraction of sp³-hybridized carbons (Fsp3) is 0.292. The second-order valence-electron chi connectivity index (χ2n) is 7.81. The molecule has 0 spiro atoms. The summed E-state index contributed by atoms with van der Waals surface area (Å²) in [6.07, 6.45) is 5.60. The van der Waals surface area contributed by atoms with Crippen LogP contribution in [0.5, 0.6) is 0 Å². The SMILES string of the molecule is CCC[C@H](NC(=O)c1ccc(C(=O)N2CC=CC2)c(C)c1)c1nc2ccc(Cl)cc2[nH]1. The van der Waals surface area contributed by atoms with Gasteiger partial charge < -0.3 is 15.2 Å². The summed E-state index contributed by atoms with van der Waals surface area (Å²) in [4.78, 5) is 35.3. The van der Waals surface area contributed by atoms with Gasteiger partial charge in [0.15, 0.2) is 0 Å². The van der Waals surface area contributed by atoms with Crippen molar-refractivity contribution in [3.8, 4) is 0 Å². The highest BCUT2D eigenvalue weighted by molar-refractivity contribution is 6.31. The molecule has 7 heteroatoms. The molecule has 160 valence electrons. The van der Waals surface area contributed by atoms with Gasteiger partial charge in [0.2, 0.25) is 0 Å². The standard InChI is InChI=1S/C24H25ClN4O2/c1-3-6-20(22-26-19-10-8-17(25)14-21(19)27-22)28-23(30)16-7-9-18(15(2)13-16)24(31)29-11-4-5-12-29/h4-5,7-10,13-14,20H,3,6,11-12H2,1-2H3,(H,26,27)(H,28,30)/t20-/m0/s1. The number of nitrogens with one attached hydrogen (secondary N) is 2. The number of halogens is 1. The van der Waals surface area contributed by atoms with E-state index in [-0.39, 0.29) is 17.9 Å². The van der Waals surface area contributed by atoms with Crippen molar-refractivity contribution in [1.82, 2.24) is 20.2 Å². The molecule has 0 fully saturated rings. The molecule has 6 nitrogen and oxygen atoms in total. The lowest BCUT2D eigenvalue weighted by atomic mass is 10.0. The highest BCUT2D eigenvalue weighted by Gasteiger charge is 2.21. The number of aromatic amines is 1. The van der Waals surface area contributed by atoms with Crippen molar-refractivity contribution in [2.45, 2.75) is 32.7 Å². The van der Waals surface area contributed by atoms with Gasteiger partial charge in [0, 0.05) is 29.2 Å². The van der Waals surface area contributed by atoms with Gasteiger partial charge in [-0.1, -0.05) is 37.1 Å². The first-order valence-corrected chi connectivity index (χ1v) is 10.8. The average Bonchev–Trinajstić information content (AvgIpc) is 3.42. The molecule has 1 aliphatic rings. The van der Waals surface area contributed by atoms with Gasteiger partial charge in [0.25, 0.3) is 11.8 Å². The Morgan fingerprint density at radius 1 is 1.19 bits per heavy atom. The summed E-state index contributed by atoms with van der Waals surface area (Å²) in [7, 11) is 0. The third kappa shape index (κ3) is 4.49. The number of fused-ring (bicyclic) bond motifs is 1. The summed E-state index contributed by atoms with van der Waals surface area (Å²) in [6.45, 7) is 5.18. The molecule has 0 radical (unpaired) electrons. The lowest BCUT2D eigenvalue weighted by Gasteiger charge is -2.18. The molecule has 1 aromatic heterocycles. The van der Waals surface area contributed by atoms with Crippen molar-refractivity contribution in [2.24, 2.45) is 0 Å². The number of aryl methyl sites for hydroxylation is 1. The van der Waals surface area contributed by atoms with Crippen LogP contribution in [0, 0.1) is 6.92 Å². The minimum Gasteiger partial charge on any atom is -0.342 e. The van der Waals surface area contributed by atoms with Crippen molar-refractivity contribution < 1.29 is 9.59 Å². The van der Waals surface area contributed by atoms with Crippen molar-refractivity contribution in [3.05, 3.63) is 76.1 Å². The van der Waals surface area contributed by atoms with E-state index in [0.717, 1.165) is 29.4 Å². The molecule has 2 heterocycles. The van der Waals surface area contributed by atoms with Crippen molar-refractivity contribution in [3.63, 3.8) is 0 Å². The lowest BCUT2D eigenvalue weighted by molar-refractivity contribution is 0.0798. The molecule has 0 aliphatic carbocycles. The van der Waals surface area contributed by atoms with E-state index in [1.165, 1.54) is 0 Å². The van der Waals surface area contributed by atoms with Gasteiger partial charge in [-0.15, -0.1) is 0 Å². The van der Waals surface area contributed by atoms with Gasteiger partial charge >= 0.3 is 0 Å². The molecule has 2 aromatic carbocycles. The van der Waals surface area contributed by atoms with E-state index in [2.05, 4.69) is 22.2 Å². The maximum absolute atomic E-state index is 13.0. The minimum absolute atomic E-state index is 0.0146. The number of amides is 2. The molecule has 4 rings (SSSR count). The van der Waals surface area contributed by atoms with E-state index in [1.807, 2.05) is 31.2 Å². The number of imidazole rings is 1. The molecule has 31 heavy (non-hydrogen) atoms. The molecular weight excluding hydrogens is 412 g/mol. The van der Waals surface area contributed by atoms with E-state index in [9.17, 15) is 9.59 Å². The number of hydrogen-bond donors (Lipinski definition) is 2. The summed E-state index contributed by atoms with van der Waals surface area (Å²) in [5.41, 5.74) is 3.58. The van der Waals surface area contributed by atoms with E-state index >= 15 is 0 Å². The van der Waals surface area contributed by atoms with Crippen LogP contribution in [0.3, 0.4) is 0 Å². The number of hydrogen-bond acceptors (Lipinski definition) is 3. The van der Waals surface area contributed by atoms with Crippen LogP contribution in [0.2, 0.25) is 5.02 Å². The first-order valence-electron chi connectivity index (χ1n) is 10.5. The summed E-state index contributed by atoms with van der Waals surface area (Å²) >= 11 is 6.08. The van der Waals surface area contributed by atoms with E-state index in [4.69, 9.17) is 11.6 Å². The Bertz CT molecular complexity index is 1160. The summed E-state index contributed by atoms with van der Waals surface area (Å²) in [5, 5.41) is 3.72. The fourth-order valence-electron chi connectivity index (χ4n) is 3.83. The second-order valence-corrected chi connectivity index (χ2v) is 8.25. The van der Waals surface area contributed by atoms with Gasteiger partial charge in [-0.2, -0.15) is 0 Å². The van der Waals surface area contributed by atoms with Crippen molar-refractivity contribution in [1.29, 1.82) is 0 Å². The van der Waals surface area contributed by atoms with E-state index in [0.29, 0.717) is 35.1 Å². The zero-order chi connectivity index (χ0) is 22.0. The smallest absolute Gasteiger partial charge is 0.254 e. The fourth-order valence-corrected chi connectivity index (χ4v) is 4.01. The Labute approximate surface area is 186 Å². The number of carbonyl (C=O) groups excluding carboxylic acids is 2. The zero-order valence-corrected chi connectivity index (χ0v) is 18.4. The Morgan fingerprint density at radius 3 is 2.68 bits per heavy atom. The largest absolute Gasteiger partial charge is 0.342 e. The Kier molecular flexibility index (Phi) is 6.09. The number of H-pyrrole nitrogens is 1. The van der Waals surface area contributed by atoms with Gasteiger partial charge in [0.05, 0.1) is 17.1 Å². The molecule has 2 amide bonds. The zero-order valence-electron chi connectivity index (χ0n) is 17.6. The predicted molar refractivity (Wildman–Crippen MR) is 122 cm³/mol.